The second kappa shape index (κ2) is 4.77. The molecule has 7 heteroatoms. The fourth-order valence-corrected chi connectivity index (χ4v) is 3.41. The highest BCUT2D eigenvalue weighted by atomic mass is 15.4. The lowest BCUT2D eigenvalue weighted by Gasteiger charge is -2.40. The van der Waals surface area contributed by atoms with E-state index in [1.165, 1.54) is 5.56 Å². The van der Waals surface area contributed by atoms with Crippen LogP contribution in [0, 0.1) is 13.8 Å². The first kappa shape index (κ1) is 13.5. The summed E-state index contributed by atoms with van der Waals surface area (Å²) >= 11 is 0. The van der Waals surface area contributed by atoms with Crippen LogP contribution in [-0.2, 0) is 0 Å². The first-order valence-corrected chi connectivity index (χ1v) is 8.07. The van der Waals surface area contributed by atoms with Gasteiger partial charge in [0.2, 0.25) is 5.65 Å². The van der Waals surface area contributed by atoms with Crippen molar-refractivity contribution < 1.29 is 0 Å². The van der Waals surface area contributed by atoms with Crippen LogP contribution in [0.3, 0.4) is 0 Å². The van der Waals surface area contributed by atoms with Gasteiger partial charge in [-0.25, -0.2) is 4.98 Å². The minimum atomic E-state index is 0.410. The van der Waals surface area contributed by atoms with Gasteiger partial charge in [-0.3, -0.25) is 0 Å². The average molecular weight is 319 g/mol. The summed E-state index contributed by atoms with van der Waals surface area (Å²) in [5.41, 5.74) is 6.25. The number of benzene rings is 1. The van der Waals surface area contributed by atoms with Crippen molar-refractivity contribution in [1.29, 1.82) is 0 Å². The van der Waals surface area contributed by atoms with Gasteiger partial charge in [0.05, 0.1) is 28.3 Å². The molecule has 0 radical (unpaired) electrons. The summed E-state index contributed by atoms with van der Waals surface area (Å²) in [6.45, 7) is 5.97. The number of nitrogens with zero attached hydrogens (tertiary/aromatic N) is 6. The molecule has 1 N–H and O–H groups in total. The zero-order valence-corrected chi connectivity index (χ0v) is 13.6. The van der Waals surface area contributed by atoms with E-state index < -0.39 is 0 Å². The van der Waals surface area contributed by atoms with Crippen LogP contribution in [0.15, 0.2) is 30.6 Å². The molecule has 7 nitrogen and oxygen atoms in total. The Morgan fingerprint density at radius 2 is 2.00 bits per heavy atom. The maximum atomic E-state index is 4.73. The zero-order valence-electron chi connectivity index (χ0n) is 13.6. The SMILES string of the molecule is Cc1nn2cnnc2c(N2CC(c3nc4ccccc4[nH]3)C2)c1C. The molecule has 3 aromatic heterocycles. The Bertz CT molecular complexity index is 1020. The Balaban J connectivity index is 1.47. The lowest BCUT2D eigenvalue weighted by molar-refractivity contribution is 0.504. The molecular formula is C17H17N7. The van der Waals surface area contributed by atoms with Crippen LogP contribution < -0.4 is 4.90 Å². The summed E-state index contributed by atoms with van der Waals surface area (Å²) in [5.74, 6) is 1.47. The topological polar surface area (TPSA) is 75.0 Å². The summed E-state index contributed by atoms with van der Waals surface area (Å²) in [5, 5.41) is 12.7. The van der Waals surface area contributed by atoms with Crippen LogP contribution >= 0.6 is 0 Å². The molecule has 0 atom stereocenters. The minimum absolute atomic E-state index is 0.410. The standard InChI is InChI=1S/C17H17N7/c1-10-11(2)22-24-9-18-21-17(24)15(10)23-7-12(8-23)16-19-13-5-3-4-6-14(13)20-16/h3-6,9,12H,7-8H2,1-2H3,(H,19,20). The molecule has 0 spiro atoms. The van der Waals surface area contributed by atoms with Crippen molar-refractivity contribution in [2.75, 3.05) is 18.0 Å². The minimum Gasteiger partial charge on any atom is -0.367 e. The Hall–Kier alpha value is -2.96. The first-order valence-electron chi connectivity index (χ1n) is 8.07. The lowest BCUT2D eigenvalue weighted by Crippen LogP contribution is -2.46. The second-order valence-electron chi connectivity index (χ2n) is 6.40. The van der Waals surface area contributed by atoms with E-state index in [9.17, 15) is 0 Å². The van der Waals surface area contributed by atoms with E-state index in [0.717, 1.165) is 47.0 Å². The van der Waals surface area contributed by atoms with E-state index in [1.54, 1.807) is 10.8 Å². The molecule has 24 heavy (non-hydrogen) atoms. The van der Waals surface area contributed by atoms with Gasteiger partial charge in [-0.05, 0) is 31.5 Å². The highest BCUT2D eigenvalue weighted by Crippen LogP contribution is 2.35. The number of aromatic amines is 1. The summed E-state index contributed by atoms with van der Waals surface area (Å²) in [6.07, 6.45) is 1.65. The van der Waals surface area contributed by atoms with Crippen LogP contribution in [0.5, 0.6) is 0 Å². The molecule has 1 aliphatic heterocycles. The number of hydrogen-bond acceptors (Lipinski definition) is 5. The molecule has 4 heterocycles. The largest absolute Gasteiger partial charge is 0.367 e. The summed E-state index contributed by atoms with van der Waals surface area (Å²) < 4.78 is 1.76. The van der Waals surface area contributed by atoms with Crippen molar-refractivity contribution in [1.82, 2.24) is 29.8 Å². The van der Waals surface area contributed by atoms with Gasteiger partial charge in [-0.1, -0.05) is 12.1 Å². The Labute approximate surface area is 138 Å². The van der Waals surface area contributed by atoms with E-state index in [1.807, 2.05) is 25.1 Å². The maximum absolute atomic E-state index is 4.73. The number of aromatic nitrogens is 6. The number of aryl methyl sites for hydroxylation is 1. The maximum Gasteiger partial charge on any atom is 0.201 e. The fraction of sp³-hybridized carbons (Fsp3) is 0.294. The smallest absolute Gasteiger partial charge is 0.201 e. The highest BCUT2D eigenvalue weighted by molar-refractivity contribution is 5.76. The van der Waals surface area contributed by atoms with Gasteiger partial charge in [-0.15, -0.1) is 10.2 Å². The third-order valence-electron chi connectivity index (χ3n) is 4.89. The Morgan fingerprint density at radius 3 is 2.83 bits per heavy atom. The Morgan fingerprint density at radius 1 is 1.17 bits per heavy atom. The third kappa shape index (κ3) is 1.84. The molecule has 0 unspecified atom stereocenters. The van der Waals surface area contributed by atoms with E-state index in [0.29, 0.717) is 5.92 Å². The molecule has 4 aromatic rings. The summed E-state index contributed by atoms with van der Waals surface area (Å²) in [4.78, 5) is 10.5. The van der Waals surface area contributed by atoms with Gasteiger partial charge in [0.1, 0.15) is 12.2 Å². The molecular weight excluding hydrogens is 302 g/mol. The van der Waals surface area contributed by atoms with Gasteiger partial charge in [0, 0.05) is 13.1 Å². The predicted octanol–water partition coefficient (Wildman–Crippen LogP) is 2.22. The quantitative estimate of drug-likeness (QED) is 0.613. The fourth-order valence-electron chi connectivity index (χ4n) is 3.41. The monoisotopic (exact) mass is 319 g/mol. The molecule has 120 valence electrons. The summed E-state index contributed by atoms with van der Waals surface area (Å²) in [7, 11) is 0. The molecule has 5 rings (SSSR count). The number of para-hydroxylation sites is 2. The molecule has 1 saturated heterocycles. The van der Waals surface area contributed by atoms with Crippen molar-refractivity contribution in [2.24, 2.45) is 0 Å². The van der Waals surface area contributed by atoms with Gasteiger partial charge in [-0.2, -0.15) is 9.61 Å². The zero-order chi connectivity index (χ0) is 16.3. The second-order valence-corrected chi connectivity index (χ2v) is 6.40. The van der Waals surface area contributed by atoms with Crippen LogP contribution in [0.1, 0.15) is 23.0 Å². The highest BCUT2D eigenvalue weighted by Gasteiger charge is 2.33. The molecule has 0 aliphatic carbocycles. The van der Waals surface area contributed by atoms with Gasteiger partial charge < -0.3 is 9.88 Å². The Kier molecular flexibility index (Phi) is 2.68. The predicted molar refractivity (Wildman–Crippen MR) is 91.3 cm³/mol. The van der Waals surface area contributed by atoms with Gasteiger partial charge in [0.15, 0.2) is 0 Å². The number of fused-ring (bicyclic) bond motifs is 2. The van der Waals surface area contributed by atoms with E-state index in [-0.39, 0.29) is 0 Å². The molecule has 0 amide bonds. The normalized spacial score (nSPS) is 15.3. The number of H-pyrrole nitrogens is 1. The number of rotatable bonds is 2. The number of imidazole rings is 1. The third-order valence-corrected chi connectivity index (χ3v) is 4.89. The van der Waals surface area contributed by atoms with Crippen molar-refractivity contribution >= 4 is 22.4 Å². The molecule has 1 aliphatic rings. The van der Waals surface area contributed by atoms with E-state index in [2.05, 4.69) is 38.2 Å². The van der Waals surface area contributed by atoms with Crippen molar-refractivity contribution in [2.45, 2.75) is 19.8 Å². The molecule has 0 bridgehead atoms. The molecule has 1 aromatic carbocycles. The molecule has 1 fully saturated rings. The number of nitrogens with one attached hydrogen (secondary N) is 1. The van der Waals surface area contributed by atoms with Crippen molar-refractivity contribution in [3.8, 4) is 0 Å². The molecule has 0 saturated carbocycles. The average Bonchev–Trinajstić information content (AvgIpc) is 3.15. The first-order chi connectivity index (χ1) is 11.7. The van der Waals surface area contributed by atoms with Crippen LogP contribution in [0.2, 0.25) is 0 Å². The van der Waals surface area contributed by atoms with Gasteiger partial charge >= 0.3 is 0 Å². The van der Waals surface area contributed by atoms with E-state index in [4.69, 9.17) is 4.98 Å². The van der Waals surface area contributed by atoms with Crippen molar-refractivity contribution in [3.63, 3.8) is 0 Å². The van der Waals surface area contributed by atoms with Crippen LogP contribution in [0.25, 0.3) is 16.7 Å². The van der Waals surface area contributed by atoms with Crippen LogP contribution in [0.4, 0.5) is 5.69 Å². The number of hydrogen-bond donors (Lipinski definition) is 1. The lowest BCUT2D eigenvalue weighted by atomic mass is 9.97. The van der Waals surface area contributed by atoms with Crippen molar-refractivity contribution in [3.05, 3.63) is 47.7 Å². The van der Waals surface area contributed by atoms with E-state index >= 15 is 0 Å². The van der Waals surface area contributed by atoms with Gasteiger partial charge in [0.25, 0.3) is 0 Å². The summed E-state index contributed by atoms with van der Waals surface area (Å²) in [6, 6.07) is 8.16. The van der Waals surface area contributed by atoms with Crippen LogP contribution in [-0.4, -0.2) is 42.9 Å². The number of anilines is 1.